The van der Waals surface area contributed by atoms with E-state index in [-0.39, 0.29) is 45.1 Å². The van der Waals surface area contributed by atoms with Crippen molar-refractivity contribution in [2.24, 2.45) is 0 Å². The van der Waals surface area contributed by atoms with Gasteiger partial charge in [0.25, 0.3) is 0 Å². The Bertz CT molecular complexity index is 1430. The molecule has 1 aromatic heterocycles. The van der Waals surface area contributed by atoms with E-state index in [9.17, 15) is 19.5 Å². The van der Waals surface area contributed by atoms with Crippen molar-refractivity contribution in [2.45, 2.75) is 33.3 Å². The van der Waals surface area contributed by atoms with Gasteiger partial charge >= 0.3 is 11.9 Å². The van der Waals surface area contributed by atoms with Crippen LogP contribution in [0.5, 0.6) is 28.7 Å². The Morgan fingerprint density at radius 2 is 1.71 bits per heavy atom. The zero-order chi connectivity index (χ0) is 24.8. The van der Waals surface area contributed by atoms with E-state index in [1.807, 2.05) is 13.8 Å². The van der Waals surface area contributed by atoms with Gasteiger partial charge in [0.05, 0.1) is 18.2 Å². The minimum atomic E-state index is -0.631. The SMILES string of the molecule is COc1cc(-c2coc3cc4c(c(OC(C)=O)c3c2=O)C=CC(C)(C)O4)c(O)cc1OC(C)=O. The van der Waals surface area contributed by atoms with Crippen molar-refractivity contribution in [3.05, 3.63) is 46.3 Å². The molecule has 2 aromatic carbocycles. The maximum Gasteiger partial charge on any atom is 0.308 e. The lowest BCUT2D eigenvalue weighted by Crippen LogP contribution is -2.28. The Morgan fingerprint density at radius 3 is 2.35 bits per heavy atom. The minimum Gasteiger partial charge on any atom is -0.507 e. The van der Waals surface area contributed by atoms with Crippen LogP contribution in [0.3, 0.4) is 0 Å². The van der Waals surface area contributed by atoms with Crippen LogP contribution in [0.25, 0.3) is 28.2 Å². The summed E-state index contributed by atoms with van der Waals surface area (Å²) in [6, 6.07) is 4.07. The topological polar surface area (TPSA) is 122 Å². The lowest BCUT2D eigenvalue weighted by atomic mass is 9.98. The Morgan fingerprint density at radius 1 is 1.00 bits per heavy atom. The summed E-state index contributed by atoms with van der Waals surface area (Å²) in [6.45, 7) is 6.14. The fraction of sp³-hybridized carbons (Fsp3) is 0.240. The Balaban J connectivity index is 1.99. The van der Waals surface area contributed by atoms with Crippen LogP contribution < -0.4 is 24.4 Å². The molecule has 4 rings (SSSR count). The number of carbonyl (C=O) groups is 2. The third-order valence-corrected chi connectivity index (χ3v) is 5.12. The lowest BCUT2D eigenvalue weighted by Gasteiger charge is -2.28. The molecular weight excluding hydrogens is 444 g/mol. The van der Waals surface area contributed by atoms with E-state index in [2.05, 4.69) is 0 Å². The highest BCUT2D eigenvalue weighted by atomic mass is 16.6. The summed E-state index contributed by atoms with van der Waals surface area (Å²) < 4.78 is 27.4. The van der Waals surface area contributed by atoms with Gasteiger partial charge in [0.15, 0.2) is 17.2 Å². The number of phenolic OH excluding ortho intramolecular Hbond substituents is 1. The molecule has 0 unspecified atom stereocenters. The Labute approximate surface area is 194 Å². The molecule has 0 aliphatic carbocycles. The summed E-state index contributed by atoms with van der Waals surface area (Å²) in [6.07, 6.45) is 4.68. The summed E-state index contributed by atoms with van der Waals surface area (Å²) in [7, 11) is 1.35. The molecule has 1 aliphatic heterocycles. The van der Waals surface area contributed by atoms with E-state index in [1.165, 1.54) is 33.3 Å². The molecule has 9 heteroatoms. The molecule has 0 atom stereocenters. The number of hydrogen-bond acceptors (Lipinski definition) is 9. The number of esters is 2. The van der Waals surface area contributed by atoms with Crippen LogP contribution in [0.15, 0.2) is 39.7 Å². The first kappa shape index (κ1) is 22.9. The smallest absolute Gasteiger partial charge is 0.308 e. The molecule has 3 aromatic rings. The summed E-state index contributed by atoms with van der Waals surface area (Å²) in [5.41, 5.74) is -0.567. The number of benzene rings is 2. The van der Waals surface area contributed by atoms with Crippen LogP contribution >= 0.6 is 0 Å². The minimum absolute atomic E-state index is 0.00170. The van der Waals surface area contributed by atoms with Crippen LogP contribution in [0, 0.1) is 0 Å². The van der Waals surface area contributed by atoms with Gasteiger partial charge < -0.3 is 28.5 Å². The highest BCUT2D eigenvalue weighted by molar-refractivity contribution is 5.95. The van der Waals surface area contributed by atoms with Crippen molar-refractivity contribution < 1.29 is 38.1 Å². The molecule has 176 valence electrons. The first-order valence-electron chi connectivity index (χ1n) is 10.3. The summed E-state index contributed by atoms with van der Waals surface area (Å²) >= 11 is 0. The van der Waals surface area contributed by atoms with Crippen molar-refractivity contribution in [2.75, 3.05) is 7.11 Å². The normalized spacial score (nSPS) is 13.7. The number of methoxy groups -OCH3 is 1. The van der Waals surface area contributed by atoms with Crippen LogP contribution in [0.2, 0.25) is 0 Å². The van der Waals surface area contributed by atoms with Gasteiger partial charge in [0, 0.05) is 31.5 Å². The Hall–Kier alpha value is -4.27. The first-order chi connectivity index (χ1) is 16.0. The molecule has 0 bridgehead atoms. The van der Waals surface area contributed by atoms with Gasteiger partial charge in [-0.25, -0.2) is 0 Å². The van der Waals surface area contributed by atoms with Crippen molar-refractivity contribution in [1.82, 2.24) is 0 Å². The number of hydrogen-bond donors (Lipinski definition) is 1. The van der Waals surface area contributed by atoms with Crippen LogP contribution in [-0.4, -0.2) is 29.8 Å². The summed E-state index contributed by atoms with van der Waals surface area (Å²) in [4.78, 5) is 36.8. The number of phenols is 1. The predicted molar refractivity (Wildman–Crippen MR) is 122 cm³/mol. The third kappa shape index (κ3) is 4.07. The molecule has 2 heterocycles. The van der Waals surface area contributed by atoms with E-state index < -0.39 is 23.0 Å². The second-order valence-corrected chi connectivity index (χ2v) is 8.22. The summed E-state index contributed by atoms with van der Waals surface area (Å²) in [5, 5.41) is 10.6. The van der Waals surface area contributed by atoms with Gasteiger partial charge in [0.1, 0.15) is 34.3 Å². The molecule has 1 N–H and O–H groups in total. The number of carbonyl (C=O) groups excluding carboxylic acids is 2. The standard InChI is InChI=1S/C25H22O9/c1-12(26)32-20-9-17(28)15(8-19(20)30-5)16-11-31-21-10-18-14(6-7-25(3,4)34-18)24(33-13(2)27)22(21)23(16)29/h6-11,28H,1-5H3. The van der Waals surface area contributed by atoms with Gasteiger partial charge in [-0.2, -0.15) is 0 Å². The highest BCUT2D eigenvalue weighted by Crippen LogP contribution is 2.43. The number of ether oxygens (including phenoxy) is 4. The quantitative estimate of drug-likeness (QED) is 0.445. The van der Waals surface area contributed by atoms with Crippen LogP contribution in [0.1, 0.15) is 33.3 Å². The van der Waals surface area contributed by atoms with Crippen molar-refractivity contribution in [1.29, 1.82) is 0 Å². The second-order valence-electron chi connectivity index (χ2n) is 8.22. The van der Waals surface area contributed by atoms with Crippen molar-refractivity contribution >= 4 is 29.0 Å². The average molecular weight is 466 g/mol. The maximum atomic E-state index is 13.6. The van der Waals surface area contributed by atoms with E-state index >= 15 is 0 Å². The highest BCUT2D eigenvalue weighted by Gasteiger charge is 2.29. The molecule has 0 radical (unpaired) electrons. The monoisotopic (exact) mass is 466 g/mol. The van der Waals surface area contributed by atoms with Crippen LogP contribution in [0.4, 0.5) is 0 Å². The van der Waals surface area contributed by atoms with Gasteiger partial charge in [-0.1, -0.05) is 0 Å². The predicted octanol–water partition coefficient (Wildman–Crippen LogP) is 4.21. The van der Waals surface area contributed by atoms with Gasteiger partial charge in [-0.05, 0) is 32.1 Å². The molecule has 0 fully saturated rings. The molecular formula is C25H22O9. The fourth-order valence-corrected chi connectivity index (χ4v) is 3.68. The number of fused-ring (bicyclic) bond motifs is 2. The zero-order valence-corrected chi connectivity index (χ0v) is 19.2. The maximum absolute atomic E-state index is 13.6. The molecule has 9 nitrogen and oxygen atoms in total. The number of rotatable bonds is 4. The number of aromatic hydroxyl groups is 1. The van der Waals surface area contributed by atoms with Crippen LogP contribution in [-0.2, 0) is 9.59 Å². The van der Waals surface area contributed by atoms with Gasteiger partial charge in [0.2, 0.25) is 5.43 Å². The molecule has 0 amide bonds. The van der Waals surface area contributed by atoms with E-state index in [0.717, 1.165) is 6.07 Å². The molecule has 34 heavy (non-hydrogen) atoms. The third-order valence-electron chi connectivity index (χ3n) is 5.12. The van der Waals surface area contributed by atoms with E-state index in [1.54, 1.807) is 18.2 Å². The fourth-order valence-electron chi connectivity index (χ4n) is 3.68. The Kier molecular flexibility index (Phi) is 5.56. The second kappa shape index (κ2) is 8.26. The summed E-state index contributed by atoms with van der Waals surface area (Å²) in [5.74, 6) is -1.10. The van der Waals surface area contributed by atoms with Gasteiger partial charge in [-0.15, -0.1) is 0 Å². The largest absolute Gasteiger partial charge is 0.507 e. The molecule has 0 saturated carbocycles. The molecule has 0 spiro atoms. The average Bonchev–Trinajstić information content (AvgIpc) is 2.73. The van der Waals surface area contributed by atoms with E-state index in [4.69, 9.17) is 23.4 Å². The van der Waals surface area contributed by atoms with Crippen molar-refractivity contribution in [3.63, 3.8) is 0 Å². The zero-order valence-electron chi connectivity index (χ0n) is 19.2. The van der Waals surface area contributed by atoms with Gasteiger partial charge in [-0.3, -0.25) is 14.4 Å². The lowest BCUT2D eigenvalue weighted by molar-refractivity contribution is -0.132. The first-order valence-corrected chi connectivity index (χ1v) is 10.3. The van der Waals surface area contributed by atoms with E-state index in [0.29, 0.717) is 11.3 Å². The molecule has 0 saturated heterocycles. The van der Waals surface area contributed by atoms with Crippen molar-refractivity contribution in [3.8, 4) is 39.9 Å². The molecule has 1 aliphatic rings.